The van der Waals surface area contributed by atoms with E-state index in [-0.39, 0.29) is 5.91 Å². The molecule has 2 aromatic carbocycles. The highest BCUT2D eigenvalue weighted by Crippen LogP contribution is 2.23. The van der Waals surface area contributed by atoms with E-state index in [1.165, 1.54) is 0 Å². The molecule has 0 heterocycles. The van der Waals surface area contributed by atoms with Crippen LogP contribution in [0.1, 0.15) is 5.56 Å². The normalized spacial score (nSPS) is 11.8. The van der Waals surface area contributed by atoms with E-state index in [1.807, 2.05) is 73.6 Å². The Labute approximate surface area is 125 Å². The maximum atomic E-state index is 12.2. The van der Waals surface area contributed by atoms with Gasteiger partial charge in [0.1, 0.15) is 0 Å². The van der Waals surface area contributed by atoms with Gasteiger partial charge in [0.05, 0.1) is 17.4 Å². The van der Waals surface area contributed by atoms with Crippen molar-refractivity contribution in [3.63, 3.8) is 0 Å². The van der Waals surface area contributed by atoms with Gasteiger partial charge < -0.3 is 16.0 Å². The molecule has 0 fully saturated rings. The zero-order valence-corrected chi connectivity index (χ0v) is 12.4. The van der Waals surface area contributed by atoms with E-state index in [1.54, 1.807) is 0 Å². The second-order valence-electron chi connectivity index (χ2n) is 5.20. The van der Waals surface area contributed by atoms with Crippen LogP contribution in [0.4, 0.5) is 11.4 Å². The molecule has 0 aliphatic rings. The summed E-state index contributed by atoms with van der Waals surface area (Å²) in [5, 5.41) is 2.91. The summed E-state index contributed by atoms with van der Waals surface area (Å²) in [6, 6.07) is 16.9. The van der Waals surface area contributed by atoms with Crippen molar-refractivity contribution in [2.24, 2.45) is 5.73 Å². The molecule has 0 bridgehead atoms. The lowest BCUT2D eigenvalue weighted by Gasteiger charge is -2.19. The molecule has 4 nitrogen and oxygen atoms in total. The van der Waals surface area contributed by atoms with Gasteiger partial charge in [-0.15, -0.1) is 0 Å². The highest BCUT2D eigenvalue weighted by atomic mass is 16.2. The number of nitrogens with one attached hydrogen (secondary N) is 1. The number of para-hydroxylation sites is 2. The highest BCUT2D eigenvalue weighted by molar-refractivity contribution is 5.97. The zero-order valence-electron chi connectivity index (χ0n) is 12.4. The van der Waals surface area contributed by atoms with Crippen molar-refractivity contribution < 1.29 is 4.79 Å². The second-order valence-corrected chi connectivity index (χ2v) is 5.20. The number of carbonyl (C=O) groups is 1. The SMILES string of the molecule is CN(C)c1ccccc1NC(=O)[C@@H](N)Cc1ccccc1. The molecule has 3 N–H and O–H groups in total. The summed E-state index contributed by atoms with van der Waals surface area (Å²) in [4.78, 5) is 14.2. The standard InChI is InChI=1S/C17H21N3O/c1-20(2)16-11-7-6-10-15(16)19-17(21)14(18)12-13-8-4-3-5-9-13/h3-11,14H,12,18H2,1-2H3,(H,19,21)/t14-/m0/s1. The van der Waals surface area contributed by atoms with Gasteiger partial charge in [0.2, 0.25) is 5.91 Å². The first-order valence-corrected chi connectivity index (χ1v) is 6.94. The number of carbonyl (C=O) groups excluding carboxylic acids is 1. The molecule has 0 spiro atoms. The molecule has 0 saturated heterocycles. The van der Waals surface area contributed by atoms with Crippen molar-refractivity contribution in [2.75, 3.05) is 24.3 Å². The molecular formula is C17H21N3O. The van der Waals surface area contributed by atoms with Gasteiger partial charge in [0.15, 0.2) is 0 Å². The van der Waals surface area contributed by atoms with Gasteiger partial charge in [-0.2, -0.15) is 0 Å². The average molecular weight is 283 g/mol. The van der Waals surface area contributed by atoms with Crippen LogP contribution in [-0.4, -0.2) is 26.0 Å². The summed E-state index contributed by atoms with van der Waals surface area (Å²) in [5.41, 5.74) is 8.78. The van der Waals surface area contributed by atoms with Crippen molar-refractivity contribution in [2.45, 2.75) is 12.5 Å². The third-order valence-corrected chi connectivity index (χ3v) is 3.28. The minimum Gasteiger partial charge on any atom is -0.376 e. The molecule has 21 heavy (non-hydrogen) atoms. The predicted molar refractivity (Wildman–Crippen MR) is 87.5 cm³/mol. The Kier molecular flexibility index (Phi) is 4.95. The fourth-order valence-electron chi connectivity index (χ4n) is 2.16. The smallest absolute Gasteiger partial charge is 0.241 e. The van der Waals surface area contributed by atoms with Crippen LogP contribution in [0.15, 0.2) is 54.6 Å². The molecule has 0 aliphatic heterocycles. The lowest BCUT2D eigenvalue weighted by Crippen LogP contribution is -2.37. The Morgan fingerprint density at radius 1 is 1.10 bits per heavy atom. The minimum atomic E-state index is -0.567. The number of hydrogen-bond acceptors (Lipinski definition) is 3. The first-order valence-electron chi connectivity index (χ1n) is 6.94. The van der Waals surface area contributed by atoms with Crippen molar-refractivity contribution in [3.8, 4) is 0 Å². The molecule has 0 saturated carbocycles. The van der Waals surface area contributed by atoms with Crippen molar-refractivity contribution in [1.82, 2.24) is 0 Å². The lowest BCUT2D eigenvalue weighted by atomic mass is 10.1. The van der Waals surface area contributed by atoms with E-state index in [0.717, 1.165) is 16.9 Å². The number of amides is 1. The molecule has 1 atom stereocenters. The third-order valence-electron chi connectivity index (χ3n) is 3.28. The van der Waals surface area contributed by atoms with Crippen LogP contribution in [0.3, 0.4) is 0 Å². The summed E-state index contributed by atoms with van der Waals surface area (Å²) < 4.78 is 0. The van der Waals surface area contributed by atoms with E-state index < -0.39 is 6.04 Å². The Balaban J connectivity index is 2.04. The van der Waals surface area contributed by atoms with Crippen LogP contribution in [0.5, 0.6) is 0 Å². The van der Waals surface area contributed by atoms with Crippen LogP contribution in [0.25, 0.3) is 0 Å². The summed E-state index contributed by atoms with van der Waals surface area (Å²) in [5.74, 6) is -0.173. The zero-order chi connectivity index (χ0) is 15.2. The van der Waals surface area contributed by atoms with Crippen molar-refractivity contribution in [3.05, 3.63) is 60.2 Å². The monoisotopic (exact) mass is 283 g/mol. The quantitative estimate of drug-likeness (QED) is 0.885. The second kappa shape index (κ2) is 6.90. The van der Waals surface area contributed by atoms with Crippen LogP contribution < -0.4 is 16.0 Å². The van der Waals surface area contributed by atoms with Gasteiger partial charge in [-0.25, -0.2) is 0 Å². The first-order chi connectivity index (χ1) is 10.1. The number of anilines is 2. The lowest BCUT2D eigenvalue weighted by molar-refractivity contribution is -0.117. The average Bonchev–Trinajstić information content (AvgIpc) is 2.48. The van der Waals surface area contributed by atoms with E-state index in [9.17, 15) is 4.79 Å². The summed E-state index contributed by atoms with van der Waals surface area (Å²) in [6.45, 7) is 0. The molecular weight excluding hydrogens is 262 g/mol. The molecule has 0 unspecified atom stereocenters. The van der Waals surface area contributed by atoms with Gasteiger partial charge in [-0.1, -0.05) is 42.5 Å². The van der Waals surface area contributed by atoms with Gasteiger partial charge in [-0.05, 0) is 24.1 Å². The number of benzene rings is 2. The van der Waals surface area contributed by atoms with E-state index in [4.69, 9.17) is 5.73 Å². The molecule has 0 radical (unpaired) electrons. The molecule has 1 amide bonds. The summed E-state index contributed by atoms with van der Waals surface area (Å²) in [7, 11) is 3.88. The number of nitrogens with two attached hydrogens (primary N) is 1. The van der Waals surface area contributed by atoms with Gasteiger partial charge in [0, 0.05) is 14.1 Å². The number of rotatable bonds is 5. The van der Waals surface area contributed by atoms with Gasteiger partial charge in [0.25, 0.3) is 0 Å². The van der Waals surface area contributed by atoms with E-state index >= 15 is 0 Å². The Bertz CT molecular complexity index is 596. The topological polar surface area (TPSA) is 58.4 Å². The molecule has 4 heteroatoms. The molecule has 0 aromatic heterocycles. The van der Waals surface area contributed by atoms with E-state index in [2.05, 4.69) is 5.32 Å². The largest absolute Gasteiger partial charge is 0.376 e. The molecule has 2 aromatic rings. The third kappa shape index (κ3) is 4.07. The Morgan fingerprint density at radius 3 is 2.38 bits per heavy atom. The maximum absolute atomic E-state index is 12.2. The summed E-state index contributed by atoms with van der Waals surface area (Å²) >= 11 is 0. The van der Waals surface area contributed by atoms with Crippen molar-refractivity contribution in [1.29, 1.82) is 0 Å². The van der Waals surface area contributed by atoms with Gasteiger partial charge in [-0.3, -0.25) is 4.79 Å². The highest BCUT2D eigenvalue weighted by Gasteiger charge is 2.15. The molecule has 110 valence electrons. The molecule has 0 aliphatic carbocycles. The van der Waals surface area contributed by atoms with E-state index in [0.29, 0.717) is 6.42 Å². The van der Waals surface area contributed by atoms with Crippen LogP contribution in [0, 0.1) is 0 Å². The fourth-order valence-corrected chi connectivity index (χ4v) is 2.16. The molecule has 2 rings (SSSR count). The first kappa shape index (κ1) is 15.1. The number of nitrogens with zero attached hydrogens (tertiary/aromatic N) is 1. The van der Waals surface area contributed by atoms with Crippen molar-refractivity contribution >= 4 is 17.3 Å². The maximum Gasteiger partial charge on any atom is 0.241 e. The van der Waals surface area contributed by atoms with Crippen LogP contribution in [-0.2, 0) is 11.2 Å². The van der Waals surface area contributed by atoms with Gasteiger partial charge >= 0.3 is 0 Å². The number of hydrogen-bond donors (Lipinski definition) is 2. The van der Waals surface area contributed by atoms with Crippen LogP contribution in [0.2, 0.25) is 0 Å². The fraction of sp³-hybridized carbons (Fsp3) is 0.235. The minimum absolute atomic E-state index is 0.173. The Hall–Kier alpha value is -2.33. The predicted octanol–water partition coefficient (Wildman–Crippen LogP) is 2.26. The van der Waals surface area contributed by atoms with Crippen LogP contribution >= 0.6 is 0 Å². The summed E-state index contributed by atoms with van der Waals surface area (Å²) in [6.07, 6.45) is 0.525. The Morgan fingerprint density at radius 2 is 1.71 bits per heavy atom.